The summed E-state index contributed by atoms with van der Waals surface area (Å²) < 4.78 is 38.5. The third-order valence-electron chi connectivity index (χ3n) is 2.30. The zero-order valence-corrected chi connectivity index (χ0v) is 9.96. The molecule has 0 radical (unpaired) electrons. The van der Waals surface area contributed by atoms with Crippen LogP contribution in [0.1, 0.15) is 18.4 Å². The summed E-state index contributed by atoms with van der Waals surface area (Å²) in [5.41, 5.74) is 0.0324. The molecule has 7 heteroatoms. The standard InChI is InChI=1S/C10H13F3O3Si/c11-8-6-10(13)9(12)5-7(8)3-1-2-4-17(14,15)16/h5-6,14-16H,1-4H2. The maximum Gasteiger partial charge on any atom is 0.492 e. The number of halogens is 3. The highest BCUT2D eigenvalue weighted by Crippen LogP contribution is 2.17. The lowest BCUT2D eigenvalue weighted by Gasteiger charge is -2.09. The second-order valence-electron chi connectivity index (χ2n) is 3.84. The lowest BCUT2D eigenvalue weighted by Crippen LogP contribution is -2.34. The van der Waals surface area contributed by atoms with Crippen LogP contribution < -0.4 is 0 Å². The zero-order valence-electron chi connectivity index (χ0n) is 8.96. The smallest absolute Gasteiger partial charge is 0.390 e. The molecule has 1 rings (SSSR count). The van der Waals surface area contributed by atoms with E-state index in [2.05, 4.69) is 0 Å². The van der Waals surface area contributed by atoms with Gasteiger partial charge in [-0.3, -0.25) is 0 Å². The second kappa shape index (κ2) is 5.63. The summed E-state index contributed by atoms with van der Waals surface area (Å²) in [7, 11) is -4.06. The van der Waals surface area contributed by atoms with Gasteiger partial charge in [0.2, 0.25) is 0 Å². The van der Waals surface area contributed by atoms with Crippen LogP contribution in [0.3, 0.4) is 0 Å². The van der Waals surface area contributed by atoms with Crippen molar-refractivity contribution >= 4 is 8.80 Å². The van der Waals surface area contributed by atoms with Gasteiger partial charge in [0.05, 0.1) is 0 Å². The Kier molecular flexibility index (Phi) is 4.69. The molecule has 0 unspecified atom stereocenters. The van der Waals surface area contributed by atoms with Crippen molar-refractivity contribution < 1.29 is 27.6 Å². The van der Waals surface area contributed by atoms with E-state index in [0.717, 1.165) is 6.07 Å². The first kappa shape index (κ1) is 14.2. The molecule has 0 aliphatic rings. The van der Waals surface area contributed by atoms with Crippen LogP contribution in [0.15, 0.2) is 12.1 Å². The lowest BCUT2D eigenvalue weighted by atomic mass is 10.1. The third kappa shape index (κ3) is 4.86. The Morgan fingerprint density at radius 1 is 0.882 bits per heavy atom. The Hall–Kier alpha value is -0.893. The minimum Gasteiger partial charge on any atom is -0.390 e. The molecule has 3 N–H and O–H groups in total. The van der Waals surface area contributed by atoms with E-state index >= 15 is 0 Å². The van der Waals surface area contributed by atoms with Crippen LogP contribution in [0, 0.1) is 17.5 Å². The molecule has 0 spiro atoms. The van der Waals surface area contributed by atoms with Crippen molar-refractivity contribution in [3.05, 3.63) is 35.1 Å². The van der Waals surface area contributed by atoms with Gasteiger partial charge in [-0.05, 0) is 30.9 Å². The highest BCUT2D eigenvalue weighted by molar-refractivity contribution is 6.56. The highest BCUT2D eigenvalue weighted by Gasteiger charge is 2.25. The molecule has 0 fully saturated rings. The molecule has 0 saturated heterocycles. The monoisotopic (exact) mass is 266 g/mol. The maximum atomic E-state index is 13.1. The van der Waals surface area contributed by atoms with E-state index in [0.29, 0.717) is 12.5 Å². The molecule has 96 valence electrons. The summed E-state index contributed by atoms with van der Waals surface area (Å²) in [5.74, 6) is -3.18. The van der Waals surface area contributed by atoms with E-state index in [9.17, 15) is 13.2 Å². The number of unbranched alkanes of at least 4 members (excludes halogenated alkanes) is 1. The predicted molar refractivity (Wildman–Crippen MR) is 56.5 cm³/mol. The van der Waals surface area contributed by atoms with Crippen molar-refractivity contribution in [1.29, 1.82) is 0 Å². The Labute approximate surface area is 97.5 Å². The van der Waals surface area contributed by atoms with Crippen LogP contribution in [-0.2, 0) is 6.42 Å². The molecule has 0 bridgehead atoms. The van der Waals surface area contributed by atoms with Crippen molar-refractivity contribution in [2.24, 2.45) is 0 Å². The fraction of sp³-hybridized carbons (Fsp3) is 0.400. The maximum absolute atomic E-state index is 13.1. The van der Waals surface area contributed by atoms with Gasteiger partial charge >= 0.3 is 8.80 Å². The largest absolute Gasteiger partial charge is 0.492 e. The van der Waals surface area contributed by atoms with Gasteiger partial charge in [-0.2, -0.15) is 0 Å². The summed E-state index contributed by atoms with van der Waals surface area (Å²) in [5, 5.41) is 0. The summed E-state index contributed by atoms with van der Waals surface area (Å²) in [6.45, 7) is 0. The second-order valence-corrected chi connectivity index (χ2v) is 5.89. The number of hydrogen-bond donors (Lipinski definition) is 3. The number of aryl methyl sites for hydroxylation is 1. The number of rotatable bonds is 5. The molecule has 0 aliphatic carbocycles. The molecule has 0 aromatic heterocycles. The van der Waals surface area contributed by atoms with E-state index in [1.165, 1.54) is 0 Å². The Balaban J connectivity index is 2.50. The van der Waals surface area contributed by atoms with E-state index < -0.39 is 26.3 Å². The van der Waals surface area contributed by atoms with Gasteiger partial charge in [-0.1, -0.05) is 0 Å². The van der Waals surface area contributed by atoms with Crippen molar-refractivity contribution in [2.75, 3.05) is 0 Å². The van der Waals surface area contributed by atoms with Crippen LogP contribution >= 0.6 is 0 Å². The highest BCUT2D eigenvalue weighted by atomic mass is 28.4. The number of benzene rings is 1. The van der Waals surface area contributed by atoms with E-state index in [1.807, 2.05) is 0 Å². The molecule has 0 saturated carbocycles. The van der Waals surface area contributed by atoms with Crippen molar-refractivity contribution in [2.45, 2.75) is 25.3 Å². The van der Waals surface area contributed by atoms with Crippen molar-refractivity contribution in [3.8, 4) is 0 Å². The SMILES string of the molecule is O[Si](O)(O)CCCCc1cc(F)c(F)cc1F. The van der Waals surface area contributed by atoms with Crippen LogP contribution in [0.2, 0.25) is 6.04 Å². The molecule has 17 heavy (non-hydrogen) atoms. The summed E-state index contributed by atoms with van der Waals surface area (Å²) >= 11 is 0. The zero-order chi connectivity index (χ0) is 13.1. The predicted octanol–water partition coefficient (Wildman–Crippen LogP) is 1.34. The molecular weight excluding hydrogens is 253 g/mol. The van der Waals surface area contributed by atoms with E-state index in [1.54, 1.807) is 0 Å². The van der Waals surface area contributed by atoms with Gasteiger partial charge in [0.1, 0.15) is 5.82 Å². The average Bonchev–Trinajstić information content (AvgIpc) is 2.18. The Morgan fingerprint density at radius 2 is 1.47 bits per heavy atom. The van der Waals surface area contributed by atoms with Gasteiger partial charge in [0, 0.05) is 12.1 Å². The molecule has 3 nitrogen and oxygen atoms in total. The quantitative estimate of drug-likeness (QED) is 0.428. The minimum absolute atomic E-state index is 0.0324. The van der Waals surface area contributed by atoms with Gasteiger partial charge in [-0.15, -0.1) is 0 Å². The van der Waals surface area contributed by atoms with E-state index in [4.69, 9.17) is 14.4 Å². The average molecular weight is 266 g/mol. The lowest BCUT2D eigenvalue weighted by molar-refractivity contribution is 0.226. The van der Waals surface area contributed by atoms with E-state index in [-0.39, 0.29) is 24.4 Å². The normalized spacial score (nSPS) is 11.9. The summed E-state index contributed by atoms with van der Waals surface area (Å²) in [4.78, 5) is 26.1. The molecular formula is C10H13F3O3Si. The van der Waals surface area contributed by atoms with Gasteiger partial charge in [0.15, 0.2) is 11.6 Å². The first-order valence-corrected chi connectivity index (χ1v) is 7.15. The van der Waals surface area contributed by atoms with Crippen LogP contribution in [0.5, 0.6) is 0 Å². The summed E-state index contributed by atoms with van der Waals surface area (Å²) in [6, 6.07) is 1.11. The third-order valence-corrected chi connectivity index (χ3v) is 3.32. The van der Waals surface area contributed by atoms with Crippen molar-refractivity contribution in [3.63, 3.8) is 0 Å². The Bertz CT molecular complexity index is 393. The molecule has 0 heterocycles. The summed E-state index contributed by atoms with van der Waals surface area (Å²) in [6.07, 6.45) is 0.764. The minimum atomic E-state index is -4.06. The van der Waals surface area contributed by atoms with Gasteiger partial charge in [-0.25, -0.2) is 13.2 Å². The van der Waals surface area contributed by atoms with Crippen LogP contribution in [0.25, 0.3) is 0 Å². The molecule has 0 amide bonds. The molecule has 1 aromatic carbocycles. The molecule has 0 atom stereocenters. The fourth-order valence-corrected chi connectivity index (χ4v) is 2.16. The van der Waals surface area contributed by atoms with Crippen molar-refractivity contribution in [1.82, 2.24) is 0 Å². The first-order valence-electron chi connectivity index (χ1n) is 5.10. The van der Waals surface area contributed by atoms with Gasteiger partial charge < -0.3 is 14.4 Å². The van der Waals surface area contributed by atoms with Gasteiger partial charge in [0.25, 0.3) is 0 Å². The fourth-order valence-electron chi connectivity index (χ4n) is 1.43. The van der Waals surface area contributed by atoms with Crippen LogP contribution in [0.4, 0.5) is 13.2 Å². The molecule has 0 aliphatic heterocycles. The number of hydrogen-bond acceptors (Lipinski definition) is 3. The first-order chi connectivity index (χ1) is 7.79. The molecule has 1 aromatic rings. The van der Waals surface area contributed by atoms with Crippen LogP contribution in [-0.4, -0.2) is 23.2 Å². The Morgan fingerprint density at radius 3 is 2.06 bits per heavy atom. The topological polar surface area (TPSA) is 60.7 Å².